The molecule has 0 aliphatic carbocycles. The summed E-state index contributed by atoms with van der Waals surface area (Å²) in [6.07, 6.45) is 2.28. The molecule has 6 nitrogen and oxygen atoms in total. The summed E-state index contributed by atoms with van der Waals surface area (Å²) in [4.78, 5) is 25.9. The summed E-state index contributed by atoms with van der Waals surface area (Å²) >= 11 is 7.69. The number of benzene rings is 2. The molecule has 1 aliphatic heterocycles. The highest BCUT2D eigenvalue weighted by atomic mass is 35.5. The molecule has 1 saturated heterocycles. The van der Waals surface area contributed by atoms with Crippen LogP contribution in [0, 0.1) is 0 Å². The van der Waals surface area contributed by atoms with Crippen LogP contribution in [0.1, 0.15) is 25.3 Å². The van der Waals surface area contributed by atoms with Gasteiger partial charge in [-0.1, -0.05) is 41.9 Å². The molecule has 1 fully saturated rings. The number of hydrogen-bond acceptors (Lipinski definition) is 5. The molecule has 0 saturated carbocycles. The van der Waals surface area contributed by atoms with Gasteiger partial charge in [-0.05, 0) is 56.0 Å². The number of nitrogens with one attached hydrogen (secondary N) is 3. The Morgan fingerprint density at radius 2 is 1.91 bits per heavy atom. The average Bonchev–Trinajstić information content (AvgIpc) is 3.26. The van der Waals surface area contributed by atoms with Gasteiger partial charge >= 0.3 is 0 Å². The van der Waals surface area contributed by atoms with Gasteiger partial charge in [0.2, 0.25) is 11.8 Å². The van der Waals surface area contributed by atoms with E-state index in [4.69, 9.17) is 17.3 Å². The normalized spacial score (nSPS) is 19.8. The zero-order valence-corrected chi connectivity index (χ0v) is 19.8. The molecular formula is C24H31ClN4O2S. The molecule has 0 bridgehead atoms. The Kier molecular flexibility index (Phi) is 9.41. The number of nitrogens with two attached hydrogens (primary N) is 1. The first-order valence-corrected chi connectivity index (χ1v) is 12.3. The van der Waals surface area contributed by atoms with Crippen LogP contribution in [0.4, 0.5) is 0 Å². The zero-order chi connectivity index (χ0) is 22.9. The lowest BCUT2D eigenvalue weighted by Gasteiger charge is -2.21. The fourth-order valence-electron chi connectivity index (χ4n) is 3.59. The van der Waals surface area contributed by atoms with Gasteiger partial charge in [0.1, 0.15) is 0 Å². The molecule has 1 aliphatic rings. The van der Waals surface area contributed by atoms with Crippen LogP contribution in [0.25, 0.3) is 0 Å². The van der Waals surface area contributed by atoms with Crippen molar-refractivity contribution in [3.05, 3.63) is 65.2 Å². The third-order valence-electron chi connectivity index (χ3n) is 5.44. The SMILES string of the molecule is C[C@@H](N)C(=O)N[C@H]1CN[C@H](C(=O)N[C@H](CCc2ccccc2)CSc2ccc(Cl)cc2)C1. The van der Waals surface area contributed by atoms with Crippen LogP contribution in [0.2, 0.25) is 5.02 Å². The molecule has 0 radical (unpaired) electrons. The molecule has 2 amide bonds. The summed E-state index contributed by atoms with van der Waals surface area (Å²) in [6.45, 7) is 2.21. The third-order valence-corrected chi connectivity index (χ3v) is 6.87. The van der Waals surface area contributed by atoms with E-state index in [1.54, 1.807) is 18.7 Å². The summed E-state index contributed by atoms with van der Waals surface area (Å²) in [5, 5.41) is 10.0. The van der Waals surface area contributed by atoms with Gasteiger partial charge in [0.05, 0.1) is 12.1 Å². The van der Waals surface area contributed by atoms with Gasteiger partial charge < -0.3 is 21.7 Å². The minimum atomic E-state index is -0.560. The maximum atomic E-state index is 13.0. The van der Waals surface area contributed by atoms with E-state index in [-0.39, 0.29) is 29.9 Å². The molecule has 3 rings (SSSR count). The number of aryl methyl sites for hydroxylation is 1. The van der Waals surface area contributed by atoms with E-state index < -0.39 is 6.04 Å². The van der Waals surface area contributed by atoms with Gasteiger partial charge in [-0.3, -0.25) is 9.59 Å². The number of carbonyl (C=O) groups is 2. The van der Waals surface area contributed by atoms with Gasteiger partial charge in [-0.25, -0.2) is 0 Å². The maximum Gasteiger partial charge on any atom is 0.237 e. The van der Waals surface area contributed by atoms with Crippen LogP contribution in [0.5, 0.6) is 0 Å². The van der Waals surface area contributed by atoms with Gasteiger partial charge in [0, 0.05) is 34.3 Å². The molecule has 2 aromatic carbocycles. The first-order chi connectivity index (χ1) is 15.4. The number of halogens is 1. The van der Waals surface area contributed by atoms with Gasteiger partial charge in [-0.2, -0.15) is 0 Å². The second kappa shape index (κ2) is 12.3. The summed E-state index contributed by atoms with van der Waals surface area (Å²) < 4.78 is 0. The van der Waals surface area contributed by atoms with Crippen molar-refractivity contribution in [2.24, 2.45) is 5.73 Å². The van der Waals surface area contributed by atoms with Crippen LogP contribution < -0.4 is 21.7 Å². The predicted octanol–water partition coefficient (Wildman–Crippen LogP) is 2.74. The lowest BCUT2D eigenvalue weighted by molar-refractivity contribution is -0.124. The fraction of sp³-hybridized carbons (Fsp3) is 0.417. The summed E-state index contributed by atoms with van der Waals surface area (Å²) in [7, 11) is 0. The van der Waals surface area contributed by atoms with Crippen molar-refractivity contribution in [1.29, 1.82) is 0 Å². The predicted molar refractivity (Wildman–Crippen MR) is 131 cm³/mol. The van der Waals surface area contributed by atoms with Crippen molar-refractivity contribution in [3.8, 4) is 0 Å². The smallest absolute Gasteiger partial charge is 0.237 e. The van der Waals surface area contributed by atoms with Gasteiger partial charge in [0.15, 0.2) is 0 Å². The first-order valence-electron chi connectivity index (χ1n) is 10.9. The lowest BCUT2D eigenvalue weighted by atomic mass is 10.1. The monoisotopic (exact) mass is 474 g/mol. The standard InChI is InChI=1S/C24H31ClN4O2S/c1-16(26)23(30)29-20-13-22(27-14-20)24(31)28-19(10-7-17-5-3-2-4-6-17)15-32-21-11-8-18(25)9-12-21/h2-6,8-9,11-12,16,19-20,22,27H,7,10,13-15,26H2,1H3,(H,28,31)(H,29,30)/t16-,19-,20-,22+/m1/s1. The molecule has 32 heavy (non-hydrogen) atoms. The van der Waals surface area contributed by atoms with E-state index in [0.717, 1.165) is 23.5 Å². The van der Waals surface area contributed by atoms with Crippen molar-refractivity contribution in [3.63, 3.8) is 0 Å². The van der Waals surface area contributed by atoms with E-state index in [2.05, 4.69) is 28.1 Å². The highest BCUT2D eigenvalue weighted by Gasteiger charge is 2.31. The molecule has 2 aromatic rings. The van der Waals surface area contributed by atoms with Gasteiger partial charge in [-0.15, -0.1) is 11.8 Å². The van der Waals surface area contributed by atoms with Crippen LogP contribution in [-0.4, -0.2) is 48.3 Å². The van der Waals surface area contributed by atoms with Crippen molar-refractivity contribution in [2.45, 2.75) is 55.2 Å². The maximum absolute atomic E-state index is 13.0. The molecule has 172 valence electrons. The Labute approximate surface area is 199 Å². The summed E-state index contributed by atoms with van der Waals surface area (Å²) in [6, 6.07) is 17.1. The number of hydrogen-bond donors (Lipinski definition) is 4. The molecule has 4 atom stereocenters. The average molecular weight is 475 g/mol. The first kappa shape index (κ1) is 24.6. The number of rotatable bonds is 10. The number of amides is 2. The van der Waals surface area contributed by atoms with Gasteiger partial charge in [0.25, 0.3) is 0 Å². The lowest BCUT2D eigenvalue weighted by Crippen LogP contribution is -2.46. The van der Waals surface area contributed by atoms with E-state index >= 15 is 0 Å². The molecule has 0 aromatic heterocycles. The van der Waals surface area contributed by atoms with E-state index in [9.17, 15) is 9.59 Å². The summed E-state index contributed by atoms with van der Waals surface area (Å²) in [5.41, 5.74) is 6.87. The largest absolute Gasteiger partial charge is 0.351 e. The molecular weight excluding hydrogens is 444 g/mol. The number of thioether (sulfide) groups is 1. The second-order valence-electron chi connectivity index (χ2n) is 8.19. The second-order valence-corrected chi connectivity index (χ2v) is 9.72. The van der Waals surface area contributed by atoms with Crippen molar-refractivity contribution in [2.75, 3.05) is 12.3 Å². The van der Waals surface area contributed by atoms with Crippen molar-refractivity contribution < 1.29 is 9.59 Å². The molecule has 8 heteroatoms. The quantitative estimate of drug-likeness (QED) is 0.397. The Morgan fingerprint density at radius 3 is 2.59 bits per heavy atom. The van der Waals surface area contributed by atoms with Crippen LogP contribution >= 0.6 is 23.4 Å². The Bertz CT molecular complexity index is 879. The Morgan fingerprint density at radius 1 is 1.19 bits per heavy atom. The fourth-order valence-corrected chi connectivity index (χ4v) is 4.69. The minimum Gasteiger partial charge on any atom is -0.351 e. The van der Waals surface area contributed by atoms with Crippen LogP contribution in [0.3, 0.4) is 0 Å². The number of carbonyl (C=O) groups excluding carboxylic acids is 2. The summed E-state index contributed by atoms with van der Waals surface area (Å²) in [5.74, 6) is 0.535. The highest BCUT2D eigenvalue weighted by molar-refractivity contribution is 7.99. The minimum absolute atomic E-state index is 0.0166. The van der Waals surface area contributed by atoms with Crippen molar-refractivity contribution in [1.82, 2.24) is 16.0 Å². The molecule has 0 spiro atoms. The zero-order valence-electron chi connectivity index (χ0n) is 18.2. The molecule has 5 N–H and O–H groups in total. The van der Waals surface area contributed by atoms with E-state index in [1.165, 1.54) is 5.56 Å². The topological polar surface area (TPSA) is 96.2 Å². The molecule has 1 heterocycles. The van der Waals surface area contributed by atoms with Crippen molar-refractivity contribution >= 4 is 35.2 Å². The molecule has 0 unspecified atom stereocenters. The highest BCUT2D eigenvalue weighted by Crippen LogP contribution is 2.22. The van der Waals surface area contributed by atoms with Crippen LogP contribution in [-0.2, 0) is 16.0 Å². The third kappa shape index (κ3) is 7.81. The van der Waals surface area contributed by atoms with E-state index in [0.29, 0.717) is 18.0 Å². The van der Waals surface area contributed by atoms with E-state index in [1.807, 2.05) is 42.5 Å². The Hall–Kier alpha value is -2.06. The van der Waals surface area contributed by atoms with Crippen LogP contribution in [0.15, 0.2) is 59.5 Å². The Balaban J connectivity index is 1.56.